The van der Waals surface area contributed by atoms with Crippen LogP contribution in [0.15, 0.2) is 0 Å². The van der Waals surface area contributed by atoms with Crippen LogP contribution in [0.2, 0.25) is 0 Å². The monoisotopic (exact) mass is 134 g/mol. The fourth-order valence-electron chi connectivity index (χ4n) is 0.144. The Morgan fingerprint density at radius 3 is 2.12 bits per heavy atom. The van der Waals surface area contributed by atoms with Crippen molar-refractivity contribution in [3.63, 3.8) is 0 Å². The first kappa shape index (κ1) is 7.32. The van der Waals surface area contributed by atoms with E-state index in [0.717, 1.165) is 0 Å². The molecule has 0 atom stereocenters. The first-order valence-corrected chi connectivity index (χ1v) is 2.83. The topological polar surface area (TPSA) is 77.2 Å². The maximum absolute atomic E-state index is 9.78. The molecule has 1 radical (unpaired) electrons. The lowest BCUT2D eigenvalue weighted by Crippen LogP contribution is -2.15. The van der Waals surface area contributed by atoms with Gasteiger partial charge >= 0.3 is 0 Å². The summed E-state index contributed by atoms with van der Waals surface area (Å²) in [6, 6.07) is 0. The Morgan fingerprint density at radius 2 is 2.12 bits per heavy atom. The third-order valence-corrected chi connectivity index (χ3v) is 1.15. The average Bonchev–Trinajstić information content (AvgIpc) is 1.69. The summed E-state index contributed by atoms with van der Waals surface area (Å²) in [7, 11) is -2.49. The van der Waals surface area contributed by atoms with E-state index < -0.39 is 15.2 Å². The van der Waals surface area contributed by atoms with Crippen LogP contribution in [0.4, 0.5) is 0 Å². The zero-order valence-electron chi connectivity index (χ0n) is 3.92. The van der Waals surface area contributed by atoms with Crippen molar-refractivity contribution in [2.45, 2.75) is 0 Å². The molecule has 0 spiro atoms. The van der Waals surface area contributed by atoms with Gasteiger partial charge in [-0.05, 0) is 0 Å². The molecule has 0 aliphatic carbocycles. The van der Waals surface area contributed by atoms with E-state index in [2.05, 4.69) is 0 Å². The molecule has 0 aromatic rings. The Balaban J connectivity index is 4.60. The second-order valence-electron chi connectivity index (χ2n) is 0.964. The van der Waals surface area contributed by atoms with Gasteiger partial charge in [-0.15, -0.1) is 0 Å². The second-order valence-corrected chi connectivity index (χ2v) is 1.93. The smallest absolute Gasteiger partial charge is 0.246 e. The van der Waals surface area contributed by atoms with Crippen molar-refractivity contribution in [1.82, 2.24) is 0 Å². The normalized spacial score (nSPS) is 8.12. The minimum atomic E-state index is -2.49. The largest absolute Gasteiger partial charge is 0.326 e. The van der Waals surface area contributed by atoms with Gasteiger partial charge in [-0.1, -0.05) is 0 Å². The van der Waals surface area contributed by atoms with Crippen LogP contribution in [-0.2, 0) is 15.1 Å². The molecule has 0 aromatic carbocycles. The van der Waals surface area contributed by atoms with Gasteiger partial charge in [-0.2, -0.15) is 8.42 Å². The van der Waals surface area contributed by atoms with E-state index >= 15 is 0 Å². The Labute approximate surface area is 47.8 Å². The number of hydrogen-bond donors (Lipinski definition) is 1. The van der Waals surface area contributed by atoms with Crippen molar-refractivity contribution < 1.29 is 13.2 Å². The molecule has 0 aromatic heterocycles. The molecule has 5 heteroatoms. The van der Waals surface area contributed by atoms with Gasteiger partial charge in [0.15, 0.2) is 0 Å². The van der Waals surface area contributed by atoms with Crippen LogP contribution >= 0.6 is 0 Å². The fourth-order valence-corrected chi connectivity index (χ4v) is 0.348. The molecule has 0 saturated heterocycles. The van der Waals surface area contributed by atoms with Gasteiger partial charge in [0.1, 0.15) is 4.86 Å². The van der Waals surface area contributed by atoms with Gasteiger partial charge in [-0.25, -0.2) is 0 Å². The Morgan fingerprint density at radius 1 is 1.62 bits per heavy atom. The van der Waals surface area contributed by atoms with E-state index in [1.807, 2.05) is 0 Å². The summed E-state index contributed by atoms with van der Waals surface area (Å²) in [6.07, 6.45) is 1.18. The predicted octanol–water partition coefficient (Wildman–Crippen LogP) is -1.89. The summed E-state index contributed by atoms with van der Waals surface area (Å²) in [5, 5.41) is 0. The van der Waals surface area contributed by atoms with Crippen molar-refractivity contribution in [2.24, 2.45) is 5.73 Å². The second kappa shape index (κ2) is 3.34. The van der Waals surface area contributed by atoms with Crippen molar-refractivity contribution >= 4 is 21.4 Å². The molecule has 0 unspecified atom stereocenters. The summed E-state index contributed by atoms with van der Waals surface area (Å²) in [6.45, 7) is -0.278. The molecule has 0 heterocycles. The van der Waals surface area contributed by atoms with Gasteiger partial charge in [0.2, 0.25) is 16.6 Å². The molecule has 0 fully saturated rings. The average molecular weight is 134 g/mol. The maximum atomic E-state index is 9.78. The number of carbonyl (C=O) groups excluding carboxylic acids is 1. The van der Waals surface area contributed by atoms with Crippen LogP contribution in [0.1, 0.15) is 0 Å². The predicted molar refractivity (Wildman–Crippen MR) is 28.7 cm³/mol. The molecule has 0 amide bonds. The van der Waals surface area contributed by atoms with Crippen LogP contribution in [0.3, 0.4) is 0 Å². The van der Waals surface area contributed by atoms with E-state index in [1.54, 1.807) is 0 Å². The standard InChI is InChI=1S/C3H4NO3S/c4-1-3(2-5)8(6)7/h1,4H2. The lowest BCUT2D eigenvalue weighted by atomic mass is 10.5. The minimum Gasteiger partial charge on any atom is -0.326 e. The third kappa shape index (κ3) is 1.85. The van der Waals surface area contributed by atoms with Crippen LogP contribution in [0, 0.1) is 0 Å². The quantitative estimate of drug-likeness (QED) is 0.448. The third-order valence-electron chi connectivity index (χ3n) is 0.500. The minimum absolute atomic E-state index is 0.278. The molecule has 0 rings (SSSR count). The molecule has 4 nitrogen and oxygen atoms in total. The van der Waals surface area contributed by atoms with Crippen molar-refractivity contribution in [2.75, 3.05) is 6.54 Å². The molecule has 8 heavy (non-hydrogen) atoms. The molecule has 0 aliphatic heterocycles. The van der Waals surface area contributed by atoms with E-state index in [9.17, 15) is 13.2 Å². The molecule has 2 N–H and O–H groups in total. The number of nitrogens with two attached hydrogens (primary N) is 1. The highest BCUT2D eigenvalue weighted by Gasteiger charge is 1.93. The van der Waals surface area contributed by atoms with Gasteiger partial charge < -0.3 is 5.73 Å². The number of rotatable bonds is 2. The van der Waals surface area contributed by atoms with E-state index in [4.69, 9.17) is 5.73 Å². The Hall–Kier alpha value is -0.680. The molecule has 0 aliphatic rings. The maximum Gasteiger partial charge on any atom is 0.246 e. The van der Waals surface area contributed by atoms with E-state index in [-0.39, 0.29) is 6.54 Å². The molecule has 45 valence electrons. The van der Waals surface area contributed by atoms with Crippen molar-refractivity contribution in [3.05, 3.63) is 0 Å². The highest BCUT2D eigenvalue weighted by atomic mass is 32.2. The van der Waals surface area contributed by atoms with E-state index in [1.165, 1.54) is 6.29 Å². The Bertz CT molecular complexity index is 195. The molecule has 0 saturated carbocycles. The SMILES string of the molecule is NCC([C]=O)=S(=O)=O. The zero-order chi connectivity index (χ0) is 6.57. The molecular formula is C3H4NO3S. The van der Waals surface area contributed by atoms with Gasteiger partial charge in [0, 0.05) is 6.54 Å². The highest BCUT2D eigenvalue weighted by molar-refractivity contribution is 7.74. The van der Waals surface area contributed by atoms with Gasteiger partial charge in [0.25, 0.3) is 0 Å². The highest BCUT2D eigenvalue weighted by Crippen LogP contribution is 1.57. The van der Waals surface area contributed by atoms with Gasteiger partial charge in [0.05, 0.1) is 0 Å². The van der Waals surface area contributed by atoms with E-state index in [0.29, 0.717) is 0 Å². The van der Waals surface area contributed by atoms with Crippen molar-refractivity contribution in [1.29, 1.82) is 0 Å². The van der Waals surface area contributed by atoms with Gasteiger partial charge in [-0.3, -0.25) is 4.79 Å². The van der Waals surface area contributed by atoms with Crippen LogP contribution in [0.5, 0.6) is 0 Å². The zero-order valence-corrected chi connectivity index (χ0v) is 4.73. The fraction of sp³-hybridized carbons (Fsp3) is 0.333. The molecule has 0 bridgehead atoms. The van der Waals surface area contributed by atoms with Crippen LogP contribution in [0.25, 0.3) is 0 Å². The van der Waals surface area contributed by atoms with Crippen LogP contribution in [-0.4, -0.2) is 26.1 Å². The van der Waals surface area contributed by atoms with Crippen molar-refractivity contribution in [3.8, 4) is 0 Å². The summed E-state index contributed by atoms with van der Waals surface area (Å²) < 4.78 is 19.6. The Kier molecular flexibility index (Phi) is 3.05. The molecular weight excluding hydrogens is 130 g/mol. The summed E-state index contributed by atoms with van der Waals surface area (Å²) in [5.41, 5.74) is 4.79. The summed E-state index contributed by atoms with van der Waals surface area (Å²) >= 11 is 0. The lowest BCUT2D eigenvalue weighted by Gasteiger charge is -1.75. The summed E-state index contributed by atoms with van der Waals surface area (Å²) in [5.74, 6) is 0. The lowest BCUT2D eigenvalue weighted by molar-refractivity contribution is 0.567. The summed E-state index contributed by atoms with van der Waals surface area (Å²) in [4.78, 5) is 9.12. The first-order chi connectivity index (χ1) is 3.72. The first-order valence-electron chi connectivity index (χ1n) is 1.75. The van der Waals surface area contributed by atoms with Crippen LogP contribution < -0.4 is 5.73 Å². The number of hydrogen-bond acceptors (Lipinski definition) is 4.